The van der Waals surface area contributed by atoms with Crippen LogP contribution in [-0.2, 0) is 9.53 Å². The van der Waals surface area contributed by atoms with E-state index in [9.17, 15) is 4.79 Å². The predicted molar refractivity (Wildman–Crippen MR) is 123 cm³/mol. The minimum absolute atomic E-state index is 0.237. The molecule has 4 heteroatoms. The zero-order chi connectivity index (χ0) is 20.8. The van der Waals surface area contributed by atoms with Crippen molar-refractivity contribution in [3.05, 3.63) is 71.8 Å². The number of rotatable bonds is 8. The van der Waals surface area contributed by atoms with Gasteiger partial charge in [0, 0.05) is 16.9 Å². The molecule has 0 heterocycles. The third-order valence-electron chi connectivity index (χ3n) is 4.54. The van der Waals surface area contributed by atoms with Crippen LogP contribution in [0.3, 0.4) is 0 Å². The van der Waals surface area contributed by atoms with Crippen molar-refractivity contribution in [2.45, 2.75) is 38.8 Å². The third kappa shape index (κ3) is 6.83. The Kier molecular flexibility index (Phi) is 7.48. The molecule has 0 fully saturated rings. The molecule has 2 rings (SSSR count). The number of carbonyl (C=O) groups is 1. The first-order valence-corrected chi connectivity index (χ1v) is 12.7. The maximum Gasteiger partial charge on any atom is 0.332 e. The fourth-order valence-electron chi connectivity index (χ4n) is 2.71. The fraction of sp³-hybridized carbons (Fsp3) is 0.417. The van der Waals surface area contributed by atoms with E-state index in [2.05, 4.69) is 18.8 Å². The standard InChI is InChI=1S/C24H33NO2S/c1-7-24(2,3)27-23(26)21(18-28(4,5)6)25-22(19-14-10-8-11-15-19)20-16-12-9-13-17-20/h8-17,21H,7,18H2,1-6H3/t21-/m1/s1. The van der Waals surface area contributed by atoms with Gasteiger partial charge in [-0.3, -0.25) is 4.99 Å². The molecular formula is C24H33NO2S. The molecule has 0 saturated carbocycles. The van der Waals surface area contributed by atoms with E-state index >= 15 is 0 Å². The summed E-state index contributed by atoms with van der Waals surface area (Å²) in [6.45, 7) is 5.93. The second-order valence-corrected chi connectivity index (χ2v) is 13.0. The Hall–Kier alpha value is -2.07. The molecule has 0 unspecified atom stereocenters. The van der Waals surface area contributed by atoms with Crippen molar-refractivity contribution in [1.82, 2.24) is 0 Å². The molecule has 28 heavy (non-hydrogen) atoms. The van der Waals surface area contributed by atoms with Crippen LogP contribution in [-0.4, -0.2) is 47.8 Å². The van der Waals surface area contributed by atoms with Gasteiger partial charge >= 0.3 is 5.97 Å². The first-order valence-electron chi connectivity index (χ1n) is 9.69. The van der Waals surface area contributed by atoms with Crippen molar-refractivity contribution in [2.24, 2.45) is 4.99 Å². The van der Waals surface area contributed by atoms with E-state index in [1.165, 1.54) is 0 Å². The topological polar surface area (TPSA) is 38.7 Å². The molecule has 0 aliphatic rings. The first-order chi connectivity index (χ1) is 13.1. The number of carbonyl (C=O) groups excluding carboxylic acids is 1. The molecule has 0 amide bonds. The normalized spacial score (nSPS) is 13.5. The van der Waals surface area contributed by atoms with E-state index in [1.54, 1.807) is 0 Å². The van der Waals surface area contributed by atoms with Crippen molar-refractivity contribution in [2.75, 3.05) is 24.5 Å². The Bertz CT molecular complexity index is 751. The molecule has 0 saturated heterocycles. The van der Waals surface area contributed by atoms with Gasteiger partial charge in [0.15, 0.2) is 6.04 Å². The van der Waals surface area contributed by atoms with Gasteiger partial charge < -0.3 is 4.74 Å². The summed E-state index contributed by atoms with van der Waals surface area (Å²) >= 11 is 0. The molecule has 2 aromatic carbocycles. The predicted octanol–water partition coefficient (Wildman–Crippen LogP) is 5.32. The maximum atomic E-state index is 13.1. The van der Waals surface area contributed by atoms with Gasteiger partial charge in [-0.25, -0.2) is 14.8 Å². The zero-order valence-corrected chi connectivity index (χ0v) is 18.8. The number of nitrogens with zero attached hydrogens (tertiary/aromatic N) is 1. The number of hydrogen-bond acceptors (Lipinski definition) is 3. The van der Waals surface area contributed by atoms with Gasteiger partial charge in [0.05, 0.1) is 5.71 Å². The zero-order valence-electron chi connectivity index (χ0n) is 17.9. The Morgan fingerprint density at radius 3 is 1.82 bits per heavy atom. The Morgan fingerprint density at radius 2 is 1.43 bits per heavy atom. The highest BCUT2D eigenvalue weighted by molar-refractivity contribution is 8.32. The van der Waals surface area contributed by atoms with E-state index in [0.29, 0.717) is 5.75 Å². The van der Waals surface area contributed by atoms with Gasteiger partial charge in [-0.15, -0.1) is 0 Å². The van der Waals surface area contributed by atoms with Crippen LogP contribution < -0.4 is 0 Å². The van der Waals surface area contributed by atoms with E-state index in [0.717, 1.165) is 23.3 Å². The summed E-state index contributed by atoms with van der Waals surface area (Å²) in [5, 5.41) is 0. The summed E-state index contributed by atoms with van der Waals surface area (Å²) in [5.41, 5.74) is 2.36. The van der Waals surface area contributed by atoms with Crippen LogP contribution in [0.15, 0.2) is 65.7 Å². The van der Waals surface area contributed by atoms with E-state index in [1.807, 2.05) is 81.4 Å². The Labute approximate surface area is 171 Å². The van der Waals surface area contributed by atoms with Gasteiger partial charge in [-0.05, 0) is 39.0 Å². The highest BCUT2D eigenvalue weighted by Crippen LogP contribution is 2.36. The lowest BCUT2D eigenvalue weighted by Gasteiger charge is -2.31. The Morgan fingerprint density at radius 1 is 0.964 bits per heavy atom. The molecule has 0 aliphatic carbocycles. The van der Waals surface area contributed by atoms with Crippen LogP contribution in [0.4, 0.5) is 0 Å². The summed E-state index contributed by atoms with van der Waals surface area (Å²) in [6.07, 6.45) is 7.39. The van der Waals surface area contributed by atoms with Crippen LogP contribution >= 0.6 is 10.0 Å². The molecule has 0 bridgehead atoms. The highest BCUT2D eigenvalue weighted by atomic mass is 32.3. The first kappa shape index (κ1) is 22.2. The molecule has 3 nitrogen and oxygen atoms in total. The lowest BCUT2D eigenvalue weighted by molar-refractivity contribution is -0.157. The molecule has 0 radical (unpaired) electrons. The SMILES string of the molecule is CCC(C)(C)OC(=O)[C@@H](CS(C)(C)C)N=C(c1ccccc1)c1ccccc1. The van der Waals surface area contributed by atoms with Gasteiger partial charge in [-0.2, -0.15) is 0 Å². The number of hydrogen-bond donors (Lipinski definition) is 0. The summed E-state index contributed by atoms with van der Waals surface area (Å²) in [6, 6.07) is 19.6. The highest BCUT2D eigenvalue weighted by Gasteiger charge is 2.29. The molecule has 0 spiro atoms. The number of esters is 1. The average molecular weight is 400 g/mol. The monoisotopic (exact) mass is 399 g/mol. The maximum absolute atomic E-state index is 13.1. The summed E-state index contributed by atoms with van der Waals surface area (Å²) in [7, 11) is -0.949. The average Bonchev–Trinajstić information content (AvgIpc) is 2.65. The molecule has 152 valence electrons. The summed E-state index contributed by atoms with van der Waals surface area (Å²) in [5.74, 6) is 0.466. The molecule has 2 aromatic rings. The minimum Gasteiger partial charge on any atom is -0.458 e. The van der Waals surface area contributed by atoms with Gasteiger partial charge in [-0.1, -0.05) is 67.6 Å². The summed E-state index contributed by atoms with van der Waals surface area (Å²) < 4.78 is 5.83. The van der Waals surface area contributed by atoms with Gasteiger partial charge in [0.25, 0.3) is 0 Å². The van der Waals surface area contributed by atoms with Crippen molar-refractivity contribution in [1.29, 1.82) is 0 Å². The van der Waals surface area contributed by atoms with Crippen LogP contribution in [0.25, 0.3) is 0 Å². The quantitative estimate of drug-likeness (QED) is 0.445. The van der Waals surface area contributed by atoms with Crippen molar-refractivity contribution in [3.63, 3.8) is 0 Å². The largest absolute Gasteiger partial charge is 0.458 e. The molecule has 0 aliphatic heterocycles. The lowest BCUT2D eigenvalue weighted by Crippen LogP contribution is -2.36. The van der Waals surface area contributed by atoms with Crippen molar-refractivity contribution >= 4 is 21.7 Å². The number of aliphatic imine (C=N–C) groups is 1. The summed E-state index contributed by atoms with van der Waals surface area (Å²) in [4.78, 5) is 18.1. The van der Waals surface area contributed by atoms with Crippen LogP contribution in [0.5, 0.6) is 0 Å². The van der Waals surface area contributed by atoms with Gasteiger partial charge in [0.2, 0.25) is 0 Å². The fourth-order valence-corrected chi connectivity index (χ4v) is 3.87. The second-order valence-electron chi connectivity index (χ2n) is 8.52. The van der Waals surface area contributed by atoms with E-state index in [-0.39, 0.29) is 5.97 Å². The number of ether oxygens (including phenoxy) is 1. The number of benzene rings is 2. The van der Waals surface area contributed by atoms with E-state index < -0.39 is 21.7 Å². The van der Waals surface area contributed by atoms with Crippen LogP contribution in [0.1, 0.15) is 38.3 Å². The van der Waals surface area contributed by atoms with Gasteiger partial charge in [0.1, 0.15) is 5.60 Å². The van der Waals surface area contributed by atoms with Crippen LogP contribution in [0, 0.1) is 0 Å². The third-order valence-corrected chi connectivity index (χ3v) is 5.85. The van der Waals surface area contributed by atoms with Crippen LogP contribution in [0.2, 0.25) is 0 Å². The molecule has 0 aromatic heterocycles. The van der Waals surface area contributed by atoms with Crippen molar-refractivity contribution in [3.8, 4) is 0 Å². The molecular weight excluding hydrogens is 366 g/mol. The van der Waals surface area contributed by atoms with E-state index in [4.69, 9.17) is 9.73 Å². The molecule has 1 atom stereocenters. The minimum atomic E-state index is -0.949. The lowest BCUT2D eigenvalue weighted by atomic mass is 10.0. The molecule has 0 N–H and O–H groups in total. The van der Waals surface area contributed by atoms with Crippen molar-refractivity contribution < 1.29 is 9.53 Å². The second kappa shape index (κ2) is 9.42. The Balaban J connectivity index is 2.50. The smallest absolute Gasteiger partial charge is 0.332 e.